The van der Waals surface area contributed by atoms with E-state index < -0.39 is 17.7 Å². The number of hydrogen-bond donors (Lipinski definition) is 2. The molecule has 0 heterocycles. The molecular formula is C13H18N2O4. The monoisotopic (exact) mass is 266 g/mol. The van der Waals surface area contributed by atoms with Crippen molar-refractivity contribution in [3.05, 3.63) is 23.8 Å². The lowest BCUT2D eigenvalue weighted by molar-refractivity contribution is 0.0600. The summed E-state index contributed by atoms with van der Waals surface area (Å²) in [5.74, 6) is -0.527. The first-order chi connectivity index (χ1) is 8.73. The molecule has 0 fully saturated rings. The van der Waals surface area contributed by atoms with E-state index in [1.165, 1.54) is 19.2 Å². The summed E-state index contributed by atoms with van der Waals surface area (Å²) in [4.78, 5) is 22.9. The summed E-state index contributed by atoms with van der Waals surface area (Å²) < 4.78 is 9.67. The molecule has 0 bridgehead atoms. The lowest BCUT2D eigenvalue weighted by atomic mass is 10.1. The SMILES string of the molecule is COC(=O)c1ccc(NC(=O)OC(C)(C)C)cc1N. The normalized spacial score (nSPS) is 10.7. The molecule has 3 N–H and O–H groups in total. The first-order valence-corrected chi connectivity index (χ1v) is 5.71. The number of carbonyl (C=O) groups is 2. The zero-order valence-corrected chi connectivity index (χ0v) is 11.4. The van der Waals surface area contributed by atoms with Crippen molar-refractivity contribution >= 4 is 23.4 Å². The molecule has 6 heteroatoms. The minimum Gasteiger partial charge on any atom is -0.465 e. The fourth-order valence-electron chi connectivity index (χ4n) is 1.36. The number of nitrogens with two attached hydrogens (primary N) is 1. The molecule has 0 aliphatic carbocycles. The van der Waals surface area contributed by atoms with Gasteiger partial charge in [0.1, 0.15) is 5.60 Å². The third kappa shape index (κ3) is 4.50. The highest BCUT2D eigenvalue weighted by Crippen LogP contribution is 2.19. The highest BCUT2D eigenvalue weighted by atomic mass is 16.6. The molecule has 1 aromatic carbocycles. The number of nitrogen functional groups attached to an aromatic ring is 1. The second kappa shape index (κ2) is 5.60. The van der Waals surface area contributed by atoms with E-state index in [-0.39, 0.29) is 11.3 Å². The topological polar surface area (TPSA) is 90.6 Å². The molecule has 1 amide bonds. The van der Waals surface area contributed by atoms with E-state index in [4.69, 9.17) is 10.5 Å². The van der Waals surface area contributed by atoms with Crippen molar-refractivity contribution in [3.8, 4) is 0 Å². The third-order valence-corrected chi connectivity index (χ3v) is 2.10. The average Bonchev–Trinajstić information content (AvgIpc) is 2.25. The van der Waals surface area contributed by atoms with Gasteiger partial charge in [-0.05, 0) is 39.0 Å². The minimum atomic E-state index is -0.585. The molecule has 0 unspecified atom stereocenters. The summed E-state index contributed by atoms with van der Waals surface area (Å²) in [5, 5.41) is 2.53. The van der Waals surface area contributed by atoms with Gasteiger partial charge in [-0.2, -0.15) is 0 Å². The number of ether oxygens (including phenoxy) is 2. The fourth-order valence-corrected chi connectivity index (χ4v) is 1.36. The molecule has 0 saturated heterocycles. The predicted molar refractivity (Wildman–Crippen MR) is 72.1 cm³/mol. The van der Waals surface area contributed by atoms with Gasteiger partial charge in [-0.25, -0.2) is 9.59 Å². The maximum Gasteiger partial charge on any atom is 0.412 e. The number of methoxy groups -OCH3 is 1. The van der Waals surface area contributed by atoms with Crippen molar-refractivity contribution in [1.29, 1.82) is 0 Å². The summed E-state index contributed by atoms with van der Waals surface area (Å²) in [6.07, 6.45) is -0.585. The van der Waals surface area contributed by atoms with Crippen LogP contribution < -0.4 is 11.1 Å². The smallest absolute Gasteiger partial charge is 0.412 e. The summed E-state index contributed by atoms with van der Waals surface area (Å²) in [5.41, 5.74) is 6.04. The van der Waals surface area contributed by atoms with E-state index in [0.717, 1.165) is 0 Å². The van der Waals surface area contributed by atoms with Crippen LogP contribution in [-0.4, -0.2) is 24.8 Å². The van der Waals surface area contributed by atoms with Gasteiger partial charge < -0.3 is 15.2 Å². The molecule has 0 radical (unpaired) electrons. The second-order valence-electron chi connectivity index (χ2n) is 4.92. The van der Waals surface area contributed by atoms with E-state index in [9.17, 15) is 9.59 Å². The quantitative estimate of drug-likeness (QED) is 0.633. The van der Waals surface area contributed by atoms with Crippen molar-refractivity contribution in [2.45, 2.75) is 26.4 Å². The molecule has 1 rings (SSSR count). The van der Waals surface area contributed by atoms with Gasteiger partial charge in [-0.15, -0.1) is 0 Å². The maximum absolute atomic E-state index is 11.5. The van der Waals surface area contributed by atoms with Crippen LogP contribution in [0.2, 0.25) is 0 Å². The van der Waals surface area contributed by atoms with Crippen LogP contribution in [0.1, 0.15) is 31.1 Å². The van der Waals surface area contributed by atoms with Crippen LogP contribution in [0.3, 0.4) is 0 Å². The number of hydrogen-bond acceptors (Lipinski definition) is 5. The van der Waals surface area contributed by atoms with Gasteiger partial charge in [0, 0.05) is 11.4 Å². The Labute approximate surface area is 111 Å². The van der Waals surface area contributed by atoms with Gasteiger partial charge >= 0.3 is 12.1 Å². The molecule has 0 aliphatic rings. The Morgan fingerprint density at radius 1 is 1.26 bits per heavy atom. The van der Waals surface area contributed by atoms with E-state index in [0.29, 0.717) is 5.69 Å². The predicted octanol–water partition coefficient (Wildman–Crippen LogP) is 2.40. The fraction of sp³-hybridized carbons (Fsp3) is 0.385. The zero-order chi connectivity index (χ0) is 14.6. The number of esters is 1. The Kier molecular flexibility index (Phi) is 4.37. The molecule has 1 aromatic rings. The lowest BCUT2D eigenvalue weighted by Gasteiger charge is -2.19. The van der Waals surface area contributed by atoms with Crippen LogP contribution in [-0.2, 0) is 9.47 Å². The highest BCUT2D eigenvalue weighted by molar-refractivity contribution is 5.96. The summed E-state index contributed by atoms with van der Waals surface area (Å²) in [7, 11) is 1.27. The molecule has 19 heavy (non-hydrogen) atoms. The van der Waals surface area contributed by atoms with Gasteiger partial charge in [0.25, 0.3) is 0 Å². The van der Waals surface area contributed by atoms with Crippen molar-refractivity contribution in [3.63, 3.8) is 0 Å². The molecule has 0 spiro atoms. The second-order valence-corrected chi connectivity index (χ2v) is 4.92. The van der Waals surface area contributed by atoms with Crippen LogP contribution in [0.15, 0.2) is 18.2 Å². The standard InChI is InChI=1S/C13H18N2O4/c1-13(2,3)19-12(17)15-8-5-6-9(10(14)7-8)11(16)18-4/h5-7H,14H2,1-4H3,(H,15,17). The van der Waals surface area contributed by atoms with Crippen LogP contribution in [0.4, 0.5) is 16.2 Å². The Morgan fingerprint density at radius 2 is 1.89 bits per heavy atom. The van der Waals surface area contributed by atoms with E-state index >= 15 is 0 Å². The summed E-state index contributed by atoms with van der Waals surface area (Å²) in [6.45, 7) is 5.30. The van der Waals surface area contributed by atoms with Crippen LogP contribution in [0.5, 0.6) is 0 Å². The summed E-state index contributed by atoms with van der Waals surface area (Å²) in [6, 6.07) is 4.50. The van der Waals surface area contributed by atoms with Crippen LogP contribution in [0, 0.1) is 0 Å². The van der Waals surface area contributed by atoms with Gasteiger partial charge in [0.05, 0.1) is 12.7 Å². The number of rotatable bonds is 2. The number of carbonyl (C=O) groups excluding carboxylic acids is 2. The first-order valence-electron chi connectivity index (χ1n) is 5.71. The Hall–Kier alpha value is -2.24. The van der Waals surface area contributed by atoms with Crippen molar-refractivity contribution in [2.75, 3.05) is 18.2 Å². The Morgan fingerprint density at radius 3 is 2.37 bits per heavy atom. The van der Waals surface area contributed by atoms with Gasteiger partial charge in [0.2, 0.25) is 0 Å². The number of benzene rings is 1. The van der Waals surface area contributed by atoms with Gasteiger partial charge in [0.15, 0.2) is 0 Å². The van der Waals surface area contributed by atoms with Crippen molar-refractivity contribution in [2.24, 2.45) is 0 Å². The minimum absolute atomic E-state index is 0.223. The largest absolute Gasteiger partial charge is 0.465 e. The van der Waals surface area contributed by atoms with E-state index in [2.05, 4.69) is 10.1 Å². The zero-order valence-electron chi connectivity index (χ0n) is 11.4. The number of anilines is 2. The van der Waals surface area contributed by atoms with Crippen LogP contribution in [0.25, 0.3) is 0 Å². The highest BCUT2D eigenvalue weighted by Gasteiger charge is 2.17. The molecule has 0 aromatic heterocycles. The van der Waals surface area contributed by atoms with Gasteiger partial charge in [-0.3, -0.25) is 5.32 Å². The van der Waals surface area contributed by atoms with Gasteiger partial charge in [-0.1, -0.05) is 0 Å². The first kappa shape index (κ1) is 14.8. The third-order valence-electron chi connectivity index (χ3n) is 2.10. The van der Waals surface area contributed by atoms with Crippen LogP contribution >= 0.6 is 0 Å². The Bertz CT molecular complexity index is 492. The summed E-state index contributed by atoms with van der Waals surface area (Å²) >= 11 is 0. The molecular weight excluding hydrogens is 248 g/mol. The molecule has 104 valence electrons. The van der Waals surface area contributed by atoms with Crippen molar-refractivity contribution < 1.29 is 19.1 Å². The molecule has 0 atom stereocenters. The lowest BCUT2D eigenvalue weighted by Crippen LogP contribution is -2.27. The molecule has 0 aliphatic heterocycles. The molecule has 0 saturated carbocycles. The van der Waals surface area contributed by atoms with E-state index in [1.807, 2.05) is 0 Å². The van der Waals surface area contributed by atoms with Crippen molar-refractivity contribution in [1.82, 2.24) is 0 Å². The average molecular weight is 266 g/mol. The Balaban J connectivity index is 2.79. The number of amides is 1. The van der Waals surface area contributed by atoms with E-state index in [1.54, 1.807) is 26.8 Å². The molecule has 6 nitrogen and oxygen atoms in total. The maximum atomic E-state index is 11.5. The number of nitrogens with one attached hydrogen (secondary N) is 1.